The van der Waals surface area contributed by atoms with Crippen molar-refractivity contribution in [2.45, 2.75) is 51.5 Å². The summed E-state index contributed by atoms with van der Waals surface area (Å²) < 4.78 is 0. The zero-order valence-electron chi connectivity index (χ0n) is 12.3. The van der Waals surface area contributed by atoms with Crippen molar-refractivity contribution >= 4 is 17.5 Å². The monoisotopic (exact) mass is 293 g/mol. The minimum Gasteiger partial charge on any atom is -0.340 e. The number of carbonyl (C=O) groups is 1. The fraction of sp³-hybridized carbons (Fsp3) is 0.588. The van der Waals surface area contributed by atoms with Crippen molar-refractivity contribution in [3.05, 3.63) is 35.4 Å². The molecule has 1 saturated heterocycles. The number of carbonyl (C=O) groups excluding carboxylic acids is 1. The highest BCUT2D eigenvalue weighted by Gasteiger charge is 2.25. The molecule has 0 aliphatic carbocycles. The summed E-state index contributed by atoms with van der Waals surface area (Å²) in [6.45, 7) is 3.00. The van der Waals surface area contributed by atoms with E-state index in [2.05, 4.69) is 36.1 Å². The van der Waals surface area contributed by atoms with E-state index in [1.807, 2.05) is 0 Å². The molecule has 0 saturated carbocycles. The third kappa shape index (κ3) is 4.24. The topological polar surface area (TPSA) is 20.3 Å². The van der Waals surface area contributed by atoms with Crippen LogP contribution in [0.15, 0.2) is 24.3 Å². The number of likely N-dealkylation sites (tertiary alicyclic amines) is 1. The fourth-order valence-corrected chi connectivity index (χ4v) is 3.27. The highest BCUT2D eigenvalue weighted by atomic mass is 35.5. The van der Waals surface area contributed by atoms with Crippen molar-refractivity contribution in [1.82, 2.24) is 4.90 Å². The van der Waals surface area contributed by atoms with Crippen molar-refractivity contribution in [3.63, 3.8) is 0 Å². The Bertz CT molecular complexity index is 444. The summed E-state index contributed by atoms with van der Waals surface area (Å²) in [5, 5.41) is 0. The summed E-state index contributed by atoms with van der Waals surface area (Å²) in [4.78, 5) is 14.5. The fourth-order valence-electron chi connectivity index (χ4n) is 3.02. The molecule has 0 aromatic heterocycles. The first-order valence-electron chi connectivity index (χ1n) is 7.61. The molecule has 1 amide bonds. The lowest BCUT2D eigenvalue weighted by molar-refractivity contribution is -0.134. The maximum Gasteiger partial charge on any atom is 0.223 e. The Hall–Kier alpha value is -1.02. The number of piperidine rings is 1. The maximum atomic E-state index is 12.4. The van der Waals surface area contributed by atoms with Crippen LogP contribution in [0.3, 0.4) is 0 Å². The van der Waals surface area contributed by atoms with E-state index in [-0.39, 0.29) is 0 Å². The maximum absolute atomic E-state index is 12.4. The molecule has 3 heteroatoms. The lowest BCUT2D eigenvalue weighted by Crippen LogP contribution is -2.44. The predicted octanol–water partition coefficient (Wildman–Crippen LogP) is 3.94. The van der Waals surface area contributed by atoms with E-state index in [0.29, 0.717) is 24.2 Å². The van der Waals surface area contributed by atoms with E-state index >= 15 is 0 Å². The van der Waals surface area contributed by atoms with Crippen LogP contribution in [-0.2, 0) is 11.2 Å². The standard InChI is InChI=1S/C17H24ClNO/c1-14-5-4-6-15(13-14)8-9-17(20)19-12-3-2-7-16(19)10-11-18/h4-6,13,16H,2-3,7-12H2,1H3. The molecule has 1 fully saturated rings. The molecule has 1 aromatic rings. The highest BCUT2D eigenvalue weighted by molar-refractivity contribution is 6.17. The molecule has 1 aromatic carbocycles. The number of hydrogen-bond acceptors (Lipinski definition) is 1. The largest absolute Gasteiger partial charge is 0.340 e. The molecule has 20 heavy (non-hydrogen) atoms. The van der Waals surface area contributed by atoms with Gasteiger partial charge in [-0.25, -0.2) is 0 Å². The third-order valence-electron chi connectivity index (χ3n) is 4.10. The SMILES string of the molecule is Cc1cccc(CCC(=O)N2CCCCC2CCCl)c1. The number of aryl methyl sites for hydroxylation is 2. The Labute approximate surface area is 127 Å². The van der Waals surface area contributed by atoms with Crippen LogP contribution in [0.4, 0.5) is 0 Å². The van der Waals surface area contributed by atoms with Gasteiger partial charge in [0, 0.05) is 24.9 Å². The van der Waals surface area contributed by atoms with Gasteiger partial charge < -0.3 is 4.90 Å². The molecule has 0 bridgehead atoms. The molecule has 1 aliphatic rings. The second kappa shape index (κ2) is 7.68. The van der Waals surface area contributed by atoms with Crippen molar-refractivity contribution in [2.24, 2.45) is 0 Å². The first-order valence-corrected chi connectivity index (χ1v) is 8.15. The normalized spacial score (nSPS) is 19.1. The zero-order valence-corrected chi connectivity index (χ0v) is 13.0. The first-order chi connectivity index (χ1) is 9.70. The minimum absolute atomic E-state index is 0.293. The molecule has 1 atom stereocenters. The highest BCUT2D eigenvalue weighted by Crippen LogP contribution is 2.21. The number of rotatable bonds is 5. The first kappa shape index (κ1) is 15.4. The molecule has 1 aliphatic heterocycles. The van der Waals surface area contributed by atoms with Gasteiger partial charge in [-0.15, -0.1) is 11.6 Å². The lowest BCUT2D eigenvalue weighted by atomic mass is 9.98. The van der Waals surface area contributed by atoms with Gasteiger partial charge in [-0.1, -0.05) is 29.8 Å². The lowest BCUT2D eigenvalue weighted by Gasteiger charge is -2.35. The summed E-state index contributed by atoms with van der Waals surface area (Å²) >= 11 is 5.86. The van der Waals surface area contributed by atoms with Crippen molar-refractivity contribution in [1.29, 1.82) is 0 Å². The van der Waals surface area contributed by atoms with Gasteiger partial charge in [-0.2, -0.15) is 0 Å². The van der Waals surface area contributed by atoms with Crippen LogP contribution < -0.4 is 0 Å². The van der Waals surface area contributed by atoms with Gasteiger partial charge in [-0.3, -0.25) is 4.79 Å². The summed E-state index contributed by atoms with van der Waals surface area (Å²) in [6, 6.07) is 8.79. The van der Waals surface area contributed by atoms with Crippen LogP contribution in [0.5, 0.6) is 0 Å². The van der Waals surface area contributed by atoms with Crippen molar-refractivity contribution < 1.29 is 4.79 Å². The van der Waals surface area contributed by atoms with Gasteiger partial charge in [0.2, 0.25) is 5.91 Å². The van der Waals surface area contributed by atoms with Crippen molar-refractivity contribution in [2.75, 3.05) is 12.4 Å². The van der Waals surface area contributed by atoms with Crippen LogP contribution in [0.25, 0.3) is 0 Å². The molecular weight excluding hydrogens is 270 g/mol. The molecule has 1 heterocycles. The molecule has 0 spiro atoms. The second-order valence-electron chi connectivity index (χ2n) is 5.70. The Morgan fingerprint density at radius 3 is 3.00 bits per heavy atom. The van der Waals surface area contributed by atoms with Gasteiger partial charge in [-0.05, 0) is 44.6 Å². The van der Waals surface area contributed by atoms with E-state index in [1.165, 1.54) is 17.5 Å². The average molecular weight is 294 g/mol. The summed E-state index contributed by atoms with van der Waals surface area (Å²) in [7, 11) is 0. The average Bonchev–Trinajstić information content (AvgIpc) is 2.46. The molecule has 0 radical (unpaired) electrons. The zero-order chi connectivity index (χ0) is 14.4. The predicted molar refractivity (Wildman–Crippen MR) is 84.2 cm³/mol. The molecule has 0 N–H and O–H groups in total. The van der Waals surface area contributed by atoms with Crippen LogP contribution in [0.1, 0.15) is 43.2 Å². The number of nitrogens with zero attached hydrogens (tertiary/aromatic N) is 1. The Balaban J connectivity index is 1.89. The molecule has 2 rings (SSSR count). The number of halogens is 1. The smallest absolute Gasteiger partial charge is 0.223 e. The molecule has 2 nitrogen and oxygen atoms in total. The van der Waals surface area contributed by atoms with Gasteiger partial charge in [0.05, 0.1) is 0 Å². The molecule has 1 unspecified atom stereocenters. The van der Waals surface area contributed by atoms with E-state index in [9.17, 15) is 4.79 Å². The Kier molecular flexibility index (Phi) is 5.90. The van der Waals surface area contributed by atoms with Gasteiger partial charge in [0.25, 0.3) is 0 Å². The molecular formula is C17H24ClNO. The summed E-state index contributed by atoms with van der Waals surface area (Å²) in [5.74, 6) is 0.938. The van der Waals surface area contributed by atoms with Gasteiger partial charge in [0.15, 0.2) is 0 Å². The number of amides is 1. The van der Waals surface area contributed by atoms with E-state index in [1.54, 1.807) is 0 Å². The van der Waals surface area contributed by atoms with Gasteiger partial charge >= 0.3 is 0 Å². The number of hydrogen-bond donors (Lipinski definition) is 0. The van der Waals surface area contributed by atoms with Gasteiger partial charge in [0.1, 0.15) is 0 Å². The van der Waals surface area contributed by atoms with E-state index in [0.717, 1.165) is 32.2 Å². The molecule has 110 valence electrons. The van der Waals surface area contributed by atoms with E-state index in [4.69, 9.17) is 11.6 Å². The third-order valence-corrected chi connectivity index (χ3v) is 4.32. The Morgan fingerprint density at radius 2 is 2.25 bits per heavy atom. The van der Waals surface area contributed by atoms with Crippen molar-refractivity contribution in [3.8, 4) is 0 Å². The summed E-state index contributed by atoms with van der Waals surface area (Å²) in [5.41, 5.74) is 2.51. The van der Waals surface area contributed by atoms with E-state index < -0.39 is 0 Å². The van der Waals surface area contributed by atoms with Crippen LogP contribution in [0, 0.1) is 6.92 Å². The quantitative estimate of drug-likeness (QED) is 0.753. The van der Waals surface area contributed by atoms with Crippen LogP contribution in [-0.4, -0.2) is 29.3 Å². The Morgan fingerprint density at radius 1 is 1.40 bits per heavy atom. The van der Waals surface area contributed by atoms with Crippen LogP contribution >= 0.6 is 11.6 Å². The minimum atomic E-state index is 0.293. The summed E-state index contributed by atoms with van der Waals surface area (Å²) in [6.07, 6.45) is 5.85. The second-order valence-corrected chi connectivity index (χ2v) is 6.08. The number of benzene rings is 1. The van der Waals surface area contributed by atoms with Crippen LogP contribution in [0.2, 0.25) is 0 Å². The number of alkyl halides is 1.